The first kappa shape index (κ1) is 20.4. The van der Waals surface area contributed by atoms with Crippen LogP contribution in [0.3, 0.4) is 0 Å². The number of benzene rings is 1. The molecular formula is C23H26N2O2S2. The molecule has 1 aromatic carbocycles. The van der Waals surface area contributed by atoms with E-state index in [4.69, 9.17) is 9.72 Å². The van der Waals surface area contributed by atoms with Crippen LogP contribution in [0.2, 0.25) is 0 Å². The summed E-state index contributed by atoms with van der Waals surface area (Å²) in [5, 5.41) is 1.47. The summed E-state index contributed by atoms with van der Waals surface area (Å²) in [6.45, 7) is 12.9. The zero-order valence-electron chi connectivity index (χ0n) is 17.4. The Hall–Kier alpha value is -1.89. The molecule has 0 amide bonds. The fourth-order valence-corrected chi connectivity index (χ4v) is 5.53. The topological polar surface area (TPSA) is 44.1 Å². The van der Waals surface area contributed by atoms with Gasteiger partial charge in [-0.15, -0.1) is 11.3 Å². The van der Waals surface area contributed by atoms with Crippen molar-refractivity contribution < 1.29 is 4.74 Å². The maximum Gasteiger partial charge on any atom is 0.267 e. The summed E-state index contributed by atoms with van der Waals surface area (Å²) < 4.78 is 7.87. The molecule has 29 heavy (non-hydrogen) atoms. The summed E-state index contributed by atoms with van der Waals surface area (Å²) in [6, 6.07) is 8.05. The van der Waals surface area contributed by atoms with Crippen molar-refractivity contribution in [1.82, 2.24) is 9.55 Å². The number of hydrogen-bond donors (Lipinski definition) is 0. The number of fused-ring (bicyclic) bond motifs is 3. The van der Waals surface area contributed by atoms with E-state index in [2.05, 4.69) is 20.4 Å². The molecule has 0 unspecified atom stereocenters. The van der Waals surface area contributed by atoms with Crippen LogP contribution in [0.15, 0.2) is 46.4 Å². The highest BCUT2D eigenvalue weighted by molar-refractivity contribution is 7.99. The summed E-state index contributed by atoms with van der Waals surface area (Å²) in [5.41, 5.74) is 3.98. The summed E-state index contributed by atoms with van der Waals surface area (Å²) in [7, 11) is 0. The molecule has 0 aliphatic carbocycles. The van der Waals surface area contributed by atoms with Crippen molar-refractivity contribution in [3.63, 3.8) is 0 Å². The molecule has 0 spiro atoms. The third-order valence-electron chi connectivity index (χ3n) is 5.47. The molecule has 2 aromatic heterocycles. The van der Waals surface area contributed by atoms with Crippen molar-refractivity contribution in [2.24, 2.45) is 0 Å². The first-order valence-electron chi connectivity index (χ1n) is 9.87. The molecule has 0 bridgehead atoms. The molecule has 1 aliphatic rings. The van der Waals surface area contributed by atoms with Gasteiger partial charge in [0.2, 0.25) is 0 Å². The summed E-state index contributed by atoms with van der Waals surface area (Å²) in [5.74, 6) is 0.728. The molecular weight excluding hydrogens is 400 g/mol. The van der Waals surface area contributed by atoms with Gasteiger partial charge in [0.1, 0.15) is 4.83 Å². The Morgan fingerprint density at radius 1 is 1.38 bits per heavy atom. The number of thioether (sulfide) groups is 1. The highest BCUT2D eigenvalue weighted by atomic mass is 32.2. The molecule has 152 valence electrons. The Bertz CT molecular complexity index is 1140. The monoisotopic (exact) mass is 426 g/mol. The minimum Gasteiger partial charge on any atom is -0.369 e. The summed E-state index contributed by atoms with van der Waals surface area (Å²) in [4.78, 5) is 20.6. The molecule has 0 saturated heterocycles. The van der Waals surface area contributed by atoms with E-state index in [1.54, 1.807) is 27.7 Å². The third-order valence-corrected chi connectivity index (χ3v) is 7.74. The van der Waals surface area contributed by atoms with Gasteiger partial charge in [0, 0.05) is 17.1 Å². The number of thiophene rings is 1. The molecule has 6 heteroatoms. The second-order valence-electron chi connectivity index (χ2n) is 8.07. The predicted octanol–water partition coefficient (Wildman–Crippen LogP) is 5.67. The number of nitrogens with zero attached hydrogens (tertiary/aromatic N) is 2. The van der Waals surface area contributed by atoms with Crippen LogP contribution >= 0.6 is 23.1 Å². The third kappa shape index (κ3) is 3.81. The SMILES string of the molecule is C=C(C)CSc1nc2sc3c(c2c(=O)n1-c1ccc(C)cc1)C[C@@](C)(CC)OC3. The Labute approximate surface area is 179 Å². The van der Waals surface area contributed by atoms with E-state index in [1.807, 2.05) is 38.1 Å². The van der Waals surface area contributed by atoms with Crippen molar-refractivity contribution in [3.05, 3.63) is 62.8 Å². The van der Waals surface area contributed by atoms with Crippen LogP contribution in [0.25, 0.3) is 15.9 Å². The minimum absolute atomic E-state index is 0.0147. The van der Waals surface area contributed by atoms with E-state index in [1.165, 1.54) is 0 Å². The van der Waals surface area contributed by atoms with Crippen molar-refractivity contribution in [2.45, 2.75) is 57.9 Å². The van der Waals surface area contributed by atoms with Crippen molar-refractivity contribution in [1.29, 1.82) is 0 Å². The molecule has 3 heterocycles. The molecule has 4 nitrogen and oxygen atoms in total. The van der Waals surface area contributed by atoms with E-state index in [-0.39, 0.29) is 11.2 Å². The first-order valence-corrected chi connectivity index (χ1v) is 11.7. The number of hydrogen-bond acceptors (Lipinski definition) is 5. The van der Waals surface area contributed by atoms with Gasteiger partial charge < -0.3 is 4.74 Å². The van der Waals surface area contributed by atoms with E-state index in [9.17, 15) is 4.79 Å². The van der Waals surface area contributed by atoms with Crippen LogP contribution in [-0.4, -0.2) is 20.9 Å². The number of ether oxygens (including phenoxy) is 1. The summed E-state index contributed by atoms with van der Waals surface area (Å²) >= 11 is 3.16. The van der Waals surface area contributed by atoms with Gasteiger partial charge in [-0.1, -0.05) is 48.5 Å². The molecule has 1 atom stereocenters. The minimum atomic E-state index is -0.227. The fourth-order valence-electron chi connectivity index (χ4n) is 3.53. The first-order chi connectivity index (χ1) is 13.8. The van der Waals surface area contributed by atoms with E-state index < -0.39 is 0 Å². The Balaban J connectivity index is 1.95. The average Bonchev–Trinajstić information content (AvgIpc) is 3.05. The lowest BCUT2D eigenvalue weighted by Gasteiger charge is -2.32. The highest BCUT2D eigenvalue weighted by Gasteiger charge is 2.33. The molecule has 0 radical (unpaired) electrons. The lowest BCUT2D eigenvalue weighted by Crippen LogP contribution is -2.34. The van der Waals surface area contributed by atoms with Crippen LogP contribution in [0.1, 0.15) is 43.2 Å². The largest absolute Gasteiger partial charge is 0.369 e. The normalized spacial score (nSPS) is 18.8. The van der Waals surface area contributed by atoms with E-state index in [0.717, 1.165) is 56.1 Å². The maximum absolute atomic E-state index is 13.8. The Kier molecular flexibility index (Phi) is 5.44. The number of aromatic nitrogens is 2. The lowest BCUT2D eigenvalue weighted by molar-refractivity contribution is -0.0543. The van der Waals surface area contributed by atoms with Crippen molar-refractivity contribution in [2.75, 3.05) is 5.75 Å². The van der Waals surface area contributed by atoms with Gasteiger partial charge in [0.15, 0.2) is 5.16 Å². The van der Waals surface area contributed by atoms with Crippen LogP contribution in [0, 0.1) is 6.92 Å². The van der Waals surface area contributed by atoms with Crippen molar-refractivity contribution >= 4 is 33.3 Å². The van der Waals surface area contributed by atoms with Gasteiger partial charge in [-0.25, -0.2) is 4.98 Å². The number of aryl methyl sites for hydroxylation is 1. The Morgan fingerprint density at radius 3 is 2.76 bits per heavy atom. The lowest BCUT2D eigenvalue weighted by atomic mass is 9.90. The highest BCUT2D eigenvalue weighted by Crippen LogP contribution is 2.39. The van der Waals surface area contributed by atoms with Gasteiger partial charge in [0.25, 0.3) is 5.56 Å². The van der Waals surface area contributed by atoms with E-state index in [0.29, 0.717) is 11.8 Å². The predicted molar refractivity (Wildman–Crippen MR) is 123 cm³/mol. The zero-order chi connectivity index (χ0) is 20.8. The maximum atomic E-state index is 13.8. The standard InChI is InChI=1S/C23H26N2O2S2/c1-6-23(5)11-17-18(12-27-23)29-20-19(17)21(26)25(16-9-7-15(4)8-10-16)22(24-20)28-13-14(2)3/h7-10H,2,6,11-13H2,1,3-5H3/t23-/m1/s1. The van der Waals surface area contributed by atoms with Gasteiger partial charge in [-0.05, 0) is 44.9 Å². The smallest absolute Gasteiger partial charge is 0.267 e. The van der Waals surface area contributed by atoms with Crippen LogP contribution in [0.4, 0.5) is 0 Å². The molecule has 0 saturated carbocycles. The number of rotatable bonds is 5. The Morgan fingerprint density at radius 2 is 2.10 bits per heavy atom. The van der Waals surface area contributed by atoms with Gasteiger partial charge in [-0.2, -0.15) is 0 Å². The van der Waals surface area contributed by atoms with E-state index >= 15 is 0 Å². The van der Waals surface area contributed by atoms with Gasteiger partial charge in [0.05, 0.1) is 23.3 Å². The average molecular weight is 427 g/mol. The van der Waals surface area contributed by atoms with Crippen molar-refractivity contribution in [3.8, 4) is 5.69 Å². The molecule has 3 aromatic rings. The molecule has 0 fully saturated rings. The van der Waals surface area contributed by atoms with Gasteiger partial charge in [-0.3, -0.25) is 9.36 Å². The molecule has 4 rings (SSSR count). The quantitative estimate of drug-likeness (QED) is 0.300. The zero-order valence-corrected chi connectivity index (χ0v) is 19.0. The van der Waals surface area contributed by atoms with Crippen LogP contribution in [0.5, 0.6) is 0 Å². The molecule has 1 aliphatic heterocycles. The second kappa shape index (κ2) is 7.74. The second-order valence-corrected chi connectivity index (χ2v) is 10.1. The summed E-state index contributed by atoms with van der Waals surface area (Å²) in [6.07, 6.45) is 1.66. The van der Waals surface area contributed by atoms with Gasteiger partial charge >= 0.3 is 0 Å². The van der Waals surface area contributed by atoms with Crippen LogP contribution in [-0.2, 0) is 17.8 Å². The molecule has 0 N–H and O–H groups in total. The fraction of sp³-hybridized carbons (Fsp3) is 0.391. The van der Waals surface area contributed by atoms with Crippen LogP contribution < -0.4 is 5.56 Å².